The summed E-state index contributed by atoms with van der Waals surface area (Å²) >= 11 is 0. The normalized spacial score (nSPS) is 21.0. The van der Waals surface area contributed by atoms with Gasteiger partial charge in [0.2, 0.25) is 5.90 Å². The minimum atomic E-state index is -1.25. The van der Waals surface area contributed by atoms with Gasteiger partial charge in [0.1, 0.15) is 6.61 Å². The van der Waals surface area contributed by atoms with E-state index >= 15 is 0 Å². The van der Waals surface area contributed by atoms with Gasteiger partial charge in [0.25, 0.3) is 5.79 Å². The Kier molecular flexibility index (Phi) is 4.02. The number of hydrogen-bond acceptors (Lipinski definition) is 7. The van der Waals surface area contributed by atoms with E-state index in [1.165, 1.54) is 20.0 Å². The van der Waals surface area contributed by atoms with Gasteiger partial charge in [0.05, 0.1) is 5.54 Å². The van der Waals surface area contributed by atoms with Crippen molar-refractivity contribution in [1.29, 1.82) is 0 Å². The van der Waals surface area contributed by atoms with E-state index in [1.54, 1.807) is 12.1 Å². The van der Waals surface area contributed by atoms with Crippen molar-refractivity contribution in [2.24, 2.45) is 4.99 Å². The van der Waals surface area contributed by atoms with E-state index in [4.69, 9.17) is 14.2 Å². The molecular formula is C18H20N2O5. The minimum Gasteiger partial charge on any atom is -0.475 e. The van der Waals surface area contributed by atoms with Crippen LogP contribution in [0.5, 0.6) is 0 Å². The average molecular weight is 344 g/mol. The summed E-state index contributed by atoms with van der Waals surface area (Å²) < 4.78 is 15.6. The third-order valence-electron chi connectivity index (χ3n) is 3.60. The summed E-state index contributed by atoms with van der Waals surface area (Å²) in [6.45, 7) is 7.56. The highest BCUT2D eigenvalue weighted by Crippen LogP contribution is 2.24. The number of carbonyl (C=O) groups excluding carboxylic acids is 2. The first kappa shape index (κ1) is 17.0. The molecule has 1 saturated heterocycles. The quantitative estimate of drug-likeness (QED) is 0.515. The van der Waals surface area contributed by atoms with Gasteiger partial charge in [-0.2, -0.15) is 0 Å². The number of esters is 2. The average Bonchev–Trinajstić information content (AvgIpc) is 2.86. The maximum Gasteiger partial charge on any atom is 0.350 e. The maximum atomic E-state index is 11.9. The minimum absolute atomic E-state index is 0.186. The number of nitrogens with zero attached hydrogens (tertiary/aromatic N) is 1. The molecule has 132 valence electrons. The van der Waals surface area contributed by atoms with Gasteiger partial charge >= 0.3 is 11.9 Å². The molecule has 0 spiro atoms. The van der Waals surface area contributed by atoms with E-state index in [1.807, 2.05) is 26.0 Å². The predicted molar refractivity (Wildman–Crippen MR) is 91.0 cm³/mol. The molecule has 0 saturated carbocycles. The second kappa shape index (κ2) is 5.91. The van der Waals surface area contributed by atoms with Crippen molar-refractivity contribution in [3.63, 3.8) is 0 Å². The lowest BCUT2D eigenvalue weighted by atomic mass is 10.1. The smallest absolute Gasteiger partial charge is 0.350 e. The summed E-state index contributed by atoms with van der Waals surface area (Å²) in [5.74, 6) is -2.08. The Bertz CT molecular complexity index is 753. The van der Waals surface area contributed by atoms with E-state index in [0.29, 0.717) is 18.2 Å². The predicted octanol–water partition coefficient (Wildman–Crippen LogP) is 2.37. The van der Waals surface area contributed by atoms with E-state index in [0.717, 1.165) is 5.56 Å². The second-order valence-corrected chi connectivity index (χ2v) is 6.98. The second-order valence-electron chi connectivity index (χ2n) is 6.98. The highest BCUT2D eigenvalue weighted by molar-refractivity contribution is 6.15. The molecule has 0 amide bonds. The zero-order valence-electron chi connectivity index (χ0n) is 14.6. The van der Waals surface area contributed by atoms with Gasteiger partial charge in [0.15, 0.2) is 5.57 Å². The van der Waals surface area contributed by atoms with Crippen LogP contribution >= 0.6 is 0 Å². The molecular weight excluding hydrogens is 324 g/mol. The first-order valence-corrected chi connectivity index (χ1v) is 7.92. The number of aliphatic imine (C=N–C) groups is 1. The van der Waals surface area contributed by atoms with Gasteiger partial charge in [-0.3, -0.25) is 0 Å². The van der Waals surface area contributed by atoms with Crippen LogP contribution in [0.25, 0.3) is 0 Å². The fourth-order valence-corrected chi connectivity index (χ4v) is 2.38. The number of rotatable bonds is 3. The van der Waals surface area contributed by atoms with Crippen molar-refractivity contribution < 1.29 is 23.8 Å². The fraction of sp³-hybridized carbons (Fsp3) is 0.389. The highest BCUT2D eigenvalue weighted by Gasteiger charge is 2.38. The SMILES string of the molecule is CC1(C)COC(c2ccc(NC=C3C(=O)OC(C)(C)OC3=O)cc2)=N1. The molecule has 7 nitrogen and oxygen atoms in total. The Morgan fingerprint density at radius 2 is 1.64 bits per heavy atom. The Morgan fingerprint density at radius 3 is 2.16 bits per heavy atom. The molecule has 0 aliphatic carbocycles. The molecule has 2 aliphatic rings. The molecule has 0 bridgehead atoms. The van der Waals surface area contributed by atoms with Crippen molar-refractivity contribution in [1.82, 2.24) is 0 Å². The van der Waals surface area contributed by atoms with Crippen LogP contribution in [0.4, 0.5) is 5.69 Å². The van der Waals surface area contributed by atoms with Gasteiger partial charge < -0.3 is 19.5 Å². The monoisotopic (exact) mass is 344 g/mol. The van der Waals surface area contributed by atoms with Crippen molar-refractivity contribution >= 4 is 23.5 Å². The summed E-state index contributed by atoms with van der Waals surface area (Å²) in [5.41, 5.74) is 1.15. The van der Waals surface area contributed by atoms with Crippen LogP contribution in [-0.4, -0.2) is 35.8 Å². The topological polar surface area (TPSA) is 86.2 Å². The highest BCUT2D eigenvalue weighted by atomic mass is 16.7. The number of anilines is 1. The first-order chi connectivity index (χ1) is 11.7. The van der Waals surface area contributed by atoms with E-state index in [9.17, 15) is 9.59 Å². The third-order valence-corrected chi connectivity index (χ3v) is 3.60. The summed E-state index contributed by atoms with van der Waals surface area (Å²) in [7, 11) is 0. The van der Waals surface area contributed by atoms with Crippen molar-refractivity contribution in [3.8, 4) is 0 Å². The van der Waals surface area contributed by atoms with Crippen LogP contribution < -0.4 is 5.32 Å². The van der Waals surface area contributed by atoms with Crippen LogP contribution in [0.2, 0.25) is 0 Å². The summed E-state index contributed by atoms with van der Waals surface area (Å²) in [5, 5.41) is 2.89. The lowest BCUT2D eigenvalue weighted by Crippen LogP contribution is -2.42. The number of carbonyl (C=O) groups is 2. The molecule has 2 heterocycles. The Hall–Kier alpha value is -2.83. The zero-order valence-corrected chi connectivity index (χ0v) is 14.6. The van der Waals surface area contributed by atoms with Gasteiger partial charge in [-0.25, -0.2) is 14.6 Å². The Balaban J connectivity index is 1.70. The Labute approximate surface area is 145 Å². The zero-order chi connectivity index (χ0) is 18.2. The Morgan fingerprint density at radius 1 is 1.04 bits per heavy atom. The van der Waals surface area contributed by atoms with Gasteiger partial charge in [0, 0.05) is 31.3 Å². The van der Waals surface area contributed by atoms with E-state index < -0.39 is 17.7 Å². The molecule has 2 aliphatic heterocycles. The van der Waals surface area contributed by atoms with Crippen LogP contribution in [0.15, 0.2) is 41.0 Å². The van der Waals surface area contributed by atoms with Gasteiger partial charge in [-0.15, -0.1) is 0 Å². The maximum absolute atomic E-state index is 11.9. The fourth-order valence-electron chi connectivity index (χ4n) is 2.38. The molecule has 3 rings (SSSR count). The first-order valence-electron chi connectivity index (χ1n) is 7.92. The van der Waals surface area contributed by atoms with Crippen molar-refractivity contribution in [2.75, 3.05) is 11.9 Å². The van der Waals surface area contributed by atoms with Crippen molar-refractivity contribution in [2.45, 2.75) is 39.0 Å². The lowest BCUT2D eigenvalue weighted by molar-refractivity contribution is -0.222. The molecule has 1 N–H and O–H groups in total. The van der Waals surface area contributed by atoms with Gasteiger partial charge in [-0.1, -0.05) is 0 Å². The van der Waals surface area contributed by atoms with Crippen molar-refractivity contribution in [3.05, 3.63) is 41.6 Å². The van der Waals surface area contributed by atoms with Crippen LogP contribution in [0, 0.1) is 0 Å². The summed E-state index contributed by atoms with van der Waals surface area (Å²) in [6.07, 6.45) is 1.28. The third kappa shape index (κ3) is 3.81. The molecule has 1 aromatic rings. The molecule has 0 atom stereocenters. The molecule has 0 radical (unpaired) electrons. The van der Waals surface area contributed by atoms with Crippen LogP contribution in [0.3, 0.4) is 0 Å². The summed E-state index contributed by atoms with van der Waals surface area (Å²) in [4.78, 5) is 28.2. The standard InChI is InChI=1S/C18H20N2O5/c1-17(2)10-23-14(20-17)11-5-7-12(8-6-11)19-9-13-15(21)24-18(3,4)25-16(13)22/h5-9,19H,10H2,1-4H3. The molecule has 1 fully saturated rings. The molecule has 7 heteroatoms. The number of nitrogens with one attached hydrogen (secondary N) is 1. The number of cyclic esters (lactones) is 2. The lowest BCUT2D eigenvalue weighted by Gasteiger charge is -2.29. The number of hydrogen-bond donors (Lipinski definition) is 1. The largest absolute Gasteiger partial charge is 0.475 e. The van der Waals surface area contributed by atoms with E-state index in [2.05, 4.69) is 10.3 Å². The summed E-state index contributed by atoms with van der Waals surface area (Å²) in [6, 6.07) is 7.30. The van der Waals surface area contributed by atoms with Gasteiger partial charge in [-0.05, 0) is 38.1 Å². The molecule has 1 aromatic carbocycles. The van der Waals surface area contributed by atoms with Crippen LogP contribution in [0.1, 0.15) is 33.3 Å². The van der Waals surface area contributed by atoms with E-state index in [-0.39, 0.29) is 11.1 Å². The molecule has 25 heavy (non-hydrogen) atoms. The van der Waals surface area contributed by atoms with Crippen LogP contribution in [-0.2, 0) is 23.8 Å². The molecule has 0 aromatic heterocycles. The number of benzene rings is 1. The number of ether oxygens (including phenoxy) is 3. The molecule has 0 unspecified atom stereocenters.